The van der Waals surface area contributed by atoms with Gasteiger partial charge in [0.15, 0.2) is 0 Å². The van der Waals surface area contributed by atoms with Gasteiger partial charge in [0.25, 0.3) is 0 Å². The van der Waals surface area contributed by atoms with Gasteiger partial charge < -0.3 is 5.11 Å². The number of anilines is 1. The Morgan fingerprint density at radius 3 is 2.75 bits per heavy atom. The summed E-state index contributed by atoms with van der Waals surface area (Å²) in [5.41, 5.74) is 5.13. The second kappa shape index (κ2) is 7.25. The molecule has 0 spiro atoms. The fourth-order valence-corrected chi connectivity index (χ4v) is 2.97. The molecule has 0 bridgehead atoms. The van der Waals surface area contributed by atoms with Gasteiger partial charge in [-0.1, -0.05) is 48.0 Å². The molecular weight excluding hydrogens is 346 g/mol. The van der Waals surface area contributed by atoms with E-state index < -0.39 is 5.97 Å². The first-order chi connectivity index (χ1) is 11.6. The van der Waals surface area contributed by atoms with Crippen LogP contribution in [0, 0.1) is 0 Å². The maximum Gasteiger partial charge on any atom is 0.336 e. The monoisotopic (exact) mass is 357 g/mol. The highest BCUT2D eigenvalue weighted by Gasteiger charge is 2.08. The molecule has 1 heterocycles. The zero-order chi connectivity index (χ0) is 16.9. The Balaban J connectivity index is 1.75. The number of benzene rings is 2. The number of aromatic carboxylic acids is 1. The number of thiazole rings is 1. The molecule has 24 heavy (non-hydrogen) atoms. The van der Waals surface area contributed by atoms with Crippen LogP contribution in [-0.2, 0) is 0 Å². The molecule has 0 unspecified atom stereocenters. The lowest BCUT2D eigenvalue weighted by Gasteiger charge is -2.00. The molecule has 0 atom stereocenters. The van der Waals surface area contributed by atoms with Crippen molar-refractivity contribution in [3.8, 4) is 11.3 Å². The largest absolute Gasteiger partial charge is 0.478 e. The number of hydrazone groups is 1. The van der Waals surface area contributed by atoms with E-state index >= 15 is 0 Å². The van der Waals surface area contributed by atoms with Crippen LogP contribution >= 0.6 is 22.9 Å². The minimum Gasteiger partial charge on any atom is -0.478 e. The molecule has 120 valence electrons. The predicted molar refractivity (Wildman–Crippen MR) is 97.2 cm³/mol. The first-order valence-electron chi connectivity index (χ1n) is 6.97. The topological polar surface area (TPSA) is 74.6 Å². The van der Waals surface area contributed by atoms with Crippen molar-refractivity contribution < 1.29 is 9.90 Å². The van der Waals surface area contributed by atoms with Gasteiger partial charge in [0.05, 0.1) is 17.5 Å². The molecular formula is C17H12ClN3O2S. The van der Waals surface area contributed by atoms with Crippen LogP contribution in [0.25, 0.3) is 11.3 Å². The number of carbonyl (C=O) groups is 1. The van der Waals surface area contributed by atoms with Gasteiger partial charge in [0.2, 0.25) is 5.13 Å². The average Bonchev–Trinajstić information content (AvgIpc) is 3.04. The Morgan fingerprint density at radius 1 is 1.21 bits per heavy atom. The second-order valence-corrected chi connectivity index (χ2v) is 6.05. The molecule has 0 amide bonds. The number of nitrogens with zero attached hydrogens (tertiary/aromatic N) is 2. The lowest BCUT2D eigenvalue weighted by molar-refractivity contribution is 0.0697. The smallest absolute Gasteiger partial charge is 0.336 e. The average molecular weight is 358 g/mol. The molecule has 0 saturated heterocycles. The number of carboxylic acids is 1. The van der Waals surface area contributed by atoms with E-state index in [4.69, 9.17) is 16.7 Å². The fraction of sp³-hybridized carbons (Fsp3) is 0. The Labute approximate surface area is 147 Å². The van der Waals surface area contributed by atoms with E-state index in [1.165, 1.54) is 23.6 Å². The summed E-state index contributed by atoms with van der Waals surface area (Å²) >= 11 is 7.55. The molecule has 2 N–H and O–H groups in total. The molecule has 3 rings (SSSR count). The lowest BCUT2D eigenvalue weighted by Crippen LogP contribution is -2.02. The number of halogens is 1. The number of carboxylic acid groups (broad SMARTS) is 1. The predicted octanol–water partition coefficient (Wildman–Crippen LogP) is 4.61. The third-order valence-electron chi connectivity index (χ3n) is 3.21. The SMILES string of the molecule is O=C(O)c1ccccc1/C=N/Nc1nc(-c2ccccc2Cl)cs1. The first kappa shape index (κ1) is 16.2. The van der Waals surface area contributed by atoms with Crippen molar-refractivity contribution >= 4 is 40.3 Å². The van der Waals surface area contributed by atoms with Crippen LogP contribution in [0.5, 0.6) is 0 Å². The summed E-state index contributed by atoms with van der Waals surface area (Å²) in [4.78, 5) is 15.6. The van der Waals surface area contributed by atoms with Crippen LogP contribution in [0.3, 0.4) is 0 Å². The maximum absolute atomic E-state index is 11.1. The van der Waals surface area contributed by atoms with E-state index in [0.717, 1.165) is 11.3 Å². The maximum atomic E-state index is 11.1. The summed E-state index contributed by atoms with van der Waals surface area (Å²) in [6, 6.07) is 14.1. The van der Waals surface area contributed by atoms with Gasteiger partial charge in [0, 0.05) is 21.5 Å². The van der Waals surface area contributed by atoms with Crippen molar-refractivity contribution in [2.24, 2.45) is 5.10 Å². The van der Waals surface area contributed by atoms with Crippen LogP contribution < -0.4 is 5.43 Å². The highest BCUT2D eigenvalue weighted by atomic mass is 35.5. The fourth-order valence-electron chi connectivity index (χ4n) is 2.08. The summed E-state index contributed by atoms with van der Waals surface area (Å²) < 4.78 is 0. The number of rotatable bonds is 5. The summed E-state index contributed by atoms with van der Waals surface area (Å²) in [5.74, 6) is -0.993. The van der Waals surface area contributed by atoms with E-state index in [1.54, 1.807) is 18.2 Å². The van der Waals surface area contributed by atoms with Crippen molar-refractivity contribution in [1.82, 2.24) is 4.98 Å². The molecule has 1 aromatic heterocycles. The number of aromatic nitrogens is 1. The van der Waals surface area contributed by atoms with Crippen LogP contribution in [0.15, 0.2) is 59.0 Å². The molecule has 0 aliphatic rings. The molecule has 2 aromatic carbocycles. The number of nitrogens with one attached hydrogen (secondary N) is 1. The standard InChI is InChI=1S/C17H12ClN3O2S/c18-14-8-4-3-7-13(14)15-10-24-17(20-15)21-19-9-11-5-1-2-6-12(11)16(22)23/h1-10H,(H,20,21)(H,22,23)/b19-9+. The van der Waals surface area contributed by atoms with Gasteiger partial charge in [-0.25, -0.2) is 9.78 Å². The van der Waals surface area contributed by atoms with E-state index in [1.807, 2.05) is 29.6 Å². The highest BCUT2D eigenvalue weighted by Crippen LogP contribution is 2.30. The third-order valence-corrected chi connectivity index (χ3v) is 4.29. The van der Waals surface area contributed by atoms with Crippen molar-refractivity contribution in [1.29, 1.82) is 0 Å². The first-order valence-corrected chi connectivity index (χ1v) is 8.23. The third kappa shape index (κ3) is 3.61. The Morgan fingerprint density at radius 2 is 1.96 bits per heavy atom. The van der Waals surface area contributed by atoms with Gasteiger partial charge in [0.1, 0.15) is 0 Å². The normalized spacial score (nSPS) is 10.9. The van der Waals surface area contributed by atoms with Crippen molar-refractivity contribution in [2.45, 2.75) is 0 Å². The molecule has 5 nitrogen and oxygen atoms in total. The van der Waals surface area contributed by atoms with E-state index in [2.05, 4.69) is 15.5 Å². The van der Waals surface area contributed by atoms with Gasteiger partial charge in [-0.3, -0.25) is 5.43 Å². The lowest BCUT2D eigenvalue weighted by atomic mass is 10.1. The quantitative estimate of drug-likeness (QED) is 0.516. The van der Waals surface area contributed by atoms with E-state index in [0.29, 0.717) is 15.7 Å². The van der Waals surface area contributed by atoms with Crippen molar-refractivity contribution in [3.63, 3.8) is 0 Å². The summed E-state index contributed by atoms with van der Waals surface area (Å²) in [7, 11) is 0. The van der Waals surface area contributed by atoms with Crippen molar-refractivity contribution in [2.75, 3.05) is 5.43 Å². The van der Waals surface area contributed by atoms with Gasteiger partial charge in [-0.2, -0.15) is 5.10 Å². The number of hydrogen-bond acceptors (Lipinski definition) is 5. The van der Waals surface area contributed by atoms with Crippen LogP contribution in [0.4, 0.5) is 5.13 Å². The Bertz CT molecular complexity index is 908. The summed E-state index contributed by atoms with van der Waals surface area (Å²) in [6.07, 6.45) is 1.46. The van der Waals surface area contributed by atoms with Gasteiger partial charge in [-0.15, -0.1) is 11.3 Å². The highest BCUT2D eigenvalue weighted by molar-refractivity contribution is 7.14. The number of hydrogen-bond donors (Lipinski definition) is 2. The summed E-state index contributed by atoms with van der Waals surface area (Å²) in [5, 5.41) is 16.3. The minimum absolute atomic E-state index is 0.193. The van der Waals surface area contributed by atoms with Crippen molar-refractivity contribution in [3.05, 3.63) is 70.1 Å². The van der Waals surface area contributed by atoms with Crippen LogP contribution in [0.2, 0.25) is 5.02 Å². The molecule has 0 fully saturated rings. The molecule has 7 heteroatoms. The Kier molecular flexibility index (Phi) is 4.88. The Hall–Kier alpha value is -2.70. The molecule has 0 aliphatic carbocycles. The molecule has 3 aromatic rings. The minimum atomic E-state index is -0.993. The summed E-state index contributed by atoms with van der Waals surface area (Å²) in [6.45, 7) is 0. The van der Waals surface area contributed by atoms with E-state index in [-0.39, 0.29) is 5.56 Å². The zero-order valence-corrected chi connectivity index (χ0v) is 13.9. The molecule has 0 saturated carbocycles. The molecule has 0 radical (unpaired) electrons. The van der Waals surface area contributed by atoms with Gasteiger partial charge in [-0.05, 0) is 12.1 Å². The van der Waals surface area contributed by atoms with Crippen LogP contribution in [0.1, 0.15) is 15.9 Å². The van der Waals surface area contributed by atoms with Gasteiger partial charge >= 0.3 is 5.97 Å². The second-order valence-electron chi connectivity index (χ2n) is 4.78. The molecule has 0 aliphatic heterocycles. The zero-order valence-electron chi connectivity index (χ0n) is 12.3. The van der Waals surface area contributed by atoms with E-state index in [9.17, 15) is 4.79 Å². The van der Waals surface area contributed by atoms with Crippen LogP contribution in [-0.4, -0.2) is 22.3 Å².